The van der Waals surface area contributed by atoms with Crippen molar-refractivity contribution in [3.63, 3.8) is 0 Å². The van der Waals surface area contributed by atoms with Gasteiger partial charge in [0.1, 0.15) is 6.61 Å². The first-order valence-corrected chi connectivity index (χ1v) is 4.70. The monoisotopic (exact) mass is 218 g/mol. The number of nitrogens with one attached hydrogen (secondary N) is 1. The highest BCUT2D eigenvalue weighted by atomic mass is 16.5. The van der Waals surface area contributed by atoms with Gasteiger partial charge in [-0.25, -0.2) is 0 Å². The Kier molecular flexibility index (Phi) is 4.95. The molecule has 4 nitrogen and oxygen atoms in total. The number of benzene rings is 1. The smallest absolute Gasteiger partial charge is 0.251 e. The van der Waals surface area contributed by atoms with E-state index in [0.29, 0.717) is 0 Å². The highest BCUT2D eigenvalue weighted by Gasteiger charge is 2.03. The summed E-state index contributed by atoms with van der Waals surface area (Å²) in [5.41, 5.74) is 0.909. The van der Waals surface area contributed by atoms with E-state index in [2.05, 4.69) is 10.1 Å². The lowest BCUT2D eigenvalue weighted by Gasteiger charge is -2.02. The zero-order valence-electron chi connectivity index (χ0n) is 8.90. The highest BCUT2D eigenvalue weighted by molar-refractivity contribution is 5.90. The van der Waals surface area contributed by atoms with Gasteiger partial charge in [0.15, 0.2) is 0 Å². The molecule has 0 spiro atoms. The van der Waals surface area contributed by atoms with E-state index < -0.39 is 0 Å². The van der Waals surface area contributed by atoms with E-state index >= 15 is 0 Å². The number of allylic oxidation sites excluding steroid dienone is 1. The minimum atomic E-state index is -0.381. The standard InChI is InChI=1S/C12H12NO3/c1-16-9-12(15)13-11(8-14)7-10-5-3-2-4-6-10/h2-7H,9H2,1H3,(H,13,15). The van der Waals surface area contributed by atoms with E-state index in [4.69, 9.17) is 0 Å². The lowest BCUT2D eigenvalue weighted by atomic mass is 10.2. The summed E-state index contributed by atoms with van der Waals surface area (Å²) in [5, 5.41) is 2.39. The summed E-state index contributed by atoms with van der Waals surface area (Å²) in [5.74, 6) is -0.381. The maximum absolute atomic E-state index is 11.1. The third-order valence-corrected chi connectivity index (χ3v) is 1.77. The number of methoxy groups -OCH3 is 1. The van der Waals surface area contributed by atoms with Gasteiger partial charge in [0, 0.05) is 7.11 Å². The van der Waals surface area contributed by atoms with Crippen LogP contribution < -0.4 is 5.32 Å². The van der Waals surface area contributed by atoms with E-state index in [-0.39, 0.29) is 18.2 Å². The average Bonchev–Trinajstić information content (AvgIpc) is 2.30. The number of amides is 1. The lowest BCUT2D eigenvalue weighted by molar-refractivity contribution is -0.123. The van der Waals surface area contributed by atoms with Crippen LogP contribution in [0.15, 0.2) is 36.0 Å². The molecule has 0 unspecified atom stereocenters. The molecule has 0 bridgehead atoms. The Hall–Kier alpha value is -1.94. The minimum absolute atomic E-state index is 0.0895. The van der Waals surface area contributed by atoms with Gasteiger partial charge in [-0.1, -0.05) is 30.3 Å². The van der Waals surface area contributed by atoms with Crippen molar-refractivity contribution >= 4 is 18.3 Å². The Morgan fingerprint density at radius 1 is 1.44 bits per heavy atom. The first kappa shape index (κ1) is 12.1. The maximum atomic E-state index is 11.1. The van der Waals surface area contributed by atoms with Gasteiger partial charge in [-0.05, 0) is 11.6 Å². The van der Waals surface area contributed by atoms with E-state index in [9.17, 15) is 9.59 Å². The van der Waals surface area contributed by atoms with Crippen molar-refractivity contribution in [2.45, 2.75) is 0 Å². The number of carbonyl (C=O) groups is 1. The predicted molar refractivity (Wildman–Crippen MR) is 60.1 cm³/mol. The fraction of sp³-hybridized carbons (Fsp3) is 0.167. The Labute approximate surface area is 93.9 Å². The zero-order valence-corrected chi connectivity index (χ0v) is 8.90. The van der Waals surface area contributed by atoms with Gasteiger partial charge >= 0.3 is 0 Å². The first-order valence-electron chi connectivity index (χ1n) is 4.70. The molecule has 0 heterocycles. The van der Waals surface area contributed by atoms with Crippen LogP contribution in [0.4, 0.5) is 0 Å². The maximum Gasteiger partial charge on any atom is 0.251 e. The van der Waals surface area contributed by atoms with Crippen LogP contribution in [0.2, 0.25) is 0 Å². The molecule has 0 saturated carbocycles. The van der Waals surface area contributed by atoms with Gasteiger partial charge < -0.3 is 10.1 Å². The quantitative estimate of drug-likeness (QED) is 0.747. The summed E-state index contributed by atoms with van der Waals surface area (Å²) >= 11 is 0. The summed E-state index contributed by atoms with van der Waals surface area (Å²) in [4.78, 5) is 21.7. The van der Waals surface area contributed by atoms with Gasteiger partial charge in [-0.2, -0.15) is 0 Å². The summed E-state index contributed by atoms with van der Waals surface area (Å²) in [6, 6.07) is 9.18. The Bertz CT molecular complexity index is 385. The van der Waals surface area contributed by atoms with Gasteiger partial charge in [0.25, 0.3) is 6.29 Å². The van der Waals surface area contributed by atoms with Crippen LogP contribution in [-0.2, 0) is 14.3 Å². The minimum Gasteiger partial charge on any atom is -0.375 e. The molecule has 0 aliphatic carbocycles. The van der Waals surface area contributed by atoms with Crippen molar-refractivity contribution in [2.75, 3.05) is 13.7 Å². The molecule has 0 aliphatic heterocycles. The fourth-order valence-electron chi connectivity index (χ4n) is 1.12. The highest BCUT2D eigenvalue weighted by Crippen LogP contribution is 2.03. The van der Waals surface area contributed by atoms with Gasteiger partial charge in [0.2, 0.25) is 5.91 Å². The van der Waals surface area contributed by atoms with Crippen LogP contribution >= 0.6 is 0 Å². The third kappa shape index (κ3) is 4.06. The second kappa shape index (κ2) is 6.53. The van der Waals surface area contributed by atoms with Crippen LogP contribution in [0.5, 0.6) is 0 Å². The van der Waals surface area contributed by atoms with Crippen molar-refractivity contribution in [1.29, 1.82) is 0 Å². The molecule has 0 aliphatic rings. The van der Waals surface area contributed by atoms with Crippen LogP contribution in [-0.4, -0.2) is 25.9 Å². The van der Waals surface area contributed by atoms with Crippen molar-refractivity contribution in [3.8, 4) is 0 Å². The predicted octanol–water partition coefficient (Wildman–Crippen LogP) is 0.900. The molecule has 16 heavy (non-hydrogen) atoms. The van der Waals surface area contributed by atoms with Crippen LogP contribution in [0.25, 0.3) is 6.08 Å². The Morgan fingerprint density at radius 2 is 2.12 bits per heavy atom. The Balaban J connectivity index is 2.71. The molecular formula is C12H12NO3. The molecule has 83 valence electrons. The number of hydrogen-bond donors (Lipinski definition) is 1. The normalized spacial score (nSPS) is 10.9. The second-order valence-corrected chi connectivity index (χ2v) is 3.05. The molecule has 4 heteroatoms. The van der Waals surface area contributed by atoms with Crippen LogP contribution in [0.1, 0.15) is 5.56 Å². The topological polar surface area (TPSA) is 55.4 Å². The molecule has 1 aromatic carbocycles. The fourth-order valence-corrected chi connectivity index (χ4v) is 1.12. The van der Waals surface area contributed by atoms with Gasteiger partial charge in [-0.15, -0.1) is 0 Å². The number of rotatable bonds is 5. The molecule has 0 saturated heterocycles. The molecule has 1 amide bonds. The molecule has 1 rings (SSSR count). The zero-order chi connectivity index (χ0) is 11.8. The number of hydrogen-bond acceptors (Lipinski definition) is 3. The van der Waals surface area contributed by atoms with E-state index in [1.807, 2.05) is 30.3 Å². The lowest BCUT2D eigenvalue weighted by Crippen LogP contribution is -2.26. The van der Waals surface area contributed by atoms with Gasteiger partial charge in [-0.3, -0.25) is 9.59 Å². The molecule has 1 N–H and O–H groups in total. The molecule has 0 fully saturated rings. The average molecular weight is 218 g/mol. The second-order valence-electron chi connectivity index (χ2n) is 3.05. The molecule has 0 atom stereocenters. The van der Waals surface area contributed by atoms with Crippen LogP contribution in [0, 0.1) is 0 Å². The third-order valence-electron chi connectivity index (χ3n) is 1.77. The summed E-state index contributed by atoms with van der Waals surface area (Å²) < 4.78 is 4.63. The van der Waals surface area contributed by atoms with Crippen molar-refractivity contribution < 1.29 is 14.3 Å². The largest absolute Gasteiger partial charge is 0.375 e. The van der Waals surface area contributed by atoms with Crippen LogP contribution in [0.3, 0.4) is 0 Å². The molecule has 1 aromatic rings. The van der Waals surface area contributed by atoms with Crippen molar-refractivity contribution in [3.05, 3.63) is 41.6 Å². The van der Waals surface area contributed by atoms with Crippen molar-refractivity contribution in [1.82, 2.24) is 5.32 Å². The molecule has 0 aromatic heterocycles. The molecule has 1 radical (unpaired) electrons. The van der Waals surface area contributed by atoms with Gasteiger partial charge in [0.05, 0.1) is 5.70 Å². The first-order chi connectivity index (χ1) is 7.76. The van der Waals surface area contributed by atoms with E-state index in [0.717, 1.165) is 5.56 Å². The van der Waals surface area contributed by atoms with E-state index in [1.165, 1.54) is 7.11 Å². The molecular weight excluding hydrogens is 206 g/mol. The Morgan fingerprint density at radius 3 is 2.69 bits per heavy atom. The number of ether oxygens (including phenoxy) is 1. The summed E-state index contributed by atoms with van der Waals surface area (Å²) in [6.07, 6.45) is 3.21. The summed E-state index contributed by atoms with van der Waals surface area (Å²) in [6.45, 7) is -0.0895. The van der Waals surface area contributed by atoms with E-state index in [1.54, 1.807) is 12.4 Å². The number of carbonyl (C=O) groups excluding carboxylic acids is 2. The van der Waals surface area contributed by atoms with Crippen molar-refractivity contribution in [2.24, 2.45) is 0 Å². The summed E-state index contributed by atoms with van der Waals surface area (Å²) in [7, 11) is 1.41. The SMILES string of the molecule is COCC(=O)NC([C]=O)=Cc1ccccc1.